The third kappa shape index (κ3) is 4.78. The van der Waals surface area contributed by atoms with Crippen LogP contribution in [0.3, 0.4) is 0 Å². The molecule has 254 valence electrons. The zero-order valence-electron chi connectivity index (χ0n) is 31.2. The number of nitrogens with zero attached hydrogens (tertiary/aromatic N) is 1. The van der Waals surface area contributed by atoms with Crippen molar-refractivity contribution >= 4 is 65.7 Å². The van der Waals surface area contributed by atoms with E-state index in [2.05, 4.69) is 176 Å². The molecule has 6 aromatic carbocycles. The van der Waals surface area contributed by atoms with Crippen molar-refractivity contribution in [2.24, 2.45) is 0 Å². The van der Waals surface area contributed by atoms with Gasteiger partial charge in [-0.15, -0.1) is 0 Å². The molecule has 51 heavy (non-hydrogen) atoms. The van der Waals surface area contributed by atoms with Crippen LogP contribution in [0.1, 0.15) is 79.0 Å². The fourth-order valence-electron chi connectivity index (χ4n) is 8.01. The van der Waals surface area contributed by atoms with Crippen LogP contribution in [0.15, 0.2) is 118 Å². The van der Waals surface area contributed by atoms with E-state index >= 15 is 0 Å². The van der Waals surface area contributed by atoms with Crippen LogP contribution in [0.25, 0.3) is 82.5 Å². The van der Waals surface area contributed by atoms with E-state index in [4.69, 9.17) is 8.83 Å². The monoisotopic (exact) mass is 667 g/mol. The number of hydrogen-bond donors (Lipinski definition) is 0. The fourth-order valence-corrected chi connectivity index (χ4v) is 8.01. The first-order chi connectivity index (χ1) is 24.2. The highest BCUT2D eigenvalue weighted by Gasteiger charge is 2.29. The van der Waals surface area contributed by atoms with Crippen molar-refractivity contribution in [3.63, 3.8) is 0 Å². The molecule has 0 atom stereocenters. The lowest BCUT2D eigenvalue weighted by Gasteiger charge is -2.25. The fraction of sp³-hybridized carbons (Fsp3) is 0.250. The van der Waals surface area contributed by atoms with Crippen molar-refractivity contribution < 1.29 is 8.83 Å². The number of para-hydroxylation sites is 3. The minimum Gasteiger partial charge on any atom is -0.455 e. The second kappa shape index (κ2) is 10.6. The Bertz CT molecular complexity index is 2800. The first kappa shape index (κ1) is 31.7. The van der Waals surface area contributed by atoms with Crippen molar-refractivity contribution in [2.75, 3.05) is 0 Å². The van der Waals surface area contributed by atoms with Crippen LogP contribution < -0.4 is 0 Å². The van der Waals surface area contributed by atoms with E-state index in [-0.39, 0.29) is 16.2 Å². The topological polar surface area (TPSA) is 31.2 Å². The van der Waals surface area contributed by atoms with Crippen molar-refractivity contribution in [3.8, 4) is 16.8 Å². The average molecular weight is 668 g/mol. The van der Waals surface area contributed by atoms with Gasteiger partial charge in [0.15, 0.2) is 0 Å². The summed E-state index contributed by atoms with van der Waals surface area (Å²) < 4.78 is 16.4. The summed E-state index contributed by atoms with van der Waals surface area (Å²) >= 11 is 0. The van der Waals surface area contributed by atoms with Gasteiger partial charge in [0.25, 0.3) is 0 Å². The number of hydrogen-bond acceptors (Lipinski definition) is 2. The molecule has 0 aliphatic heterocycles. The zero-order chi connectivity index (χ0) is 35.6. The summed E-state index contributed by atoms with van der Waals surface area (Å²) in [5.41, 5.74) is 12.9. The molecule has 3 heterocycles. The first-order valence-electron chi connectivity index (χ1n) is 18.2. The lowest BCUT2D eigenvalue weighted by atomic mass is 9.79. The molecule has 0 N–H and O–H groups in total. The Kier molecular flexibility index (Phi) is 6.60. The van der Waals surface area contributed by atoms with Crippen molar-refractivity contribution in [2.45, 2.75) is 78.6 Å². The molecule has 0 radical (unpaired) electrons. The molecule has 0 unspecified atom stereocenters. The van der Waals surface area contributed by atoms with Crippen LogP contribution in [-0.2, 0) is 16.2 Å². The van der Waals surface area contributed by atoms with Gasteiger partial charge in [-0.05, 0) is 69.8 Å². The summed E-state index contributed by atoms with van der Waals surface area (Å²) in [5.74, 6) is 0. The van der Waals surface area contributed by atoms with Crippen LogP contribution in [0.4, 0.5) is 0 Å². The highest BCUT2D eigenvalue weighted by molar-refractivity contribution is 6.18. The SMILES string of the molecule is CC(C)(C)c1cc(-c2cccc3c2oc2cccc(-n4c5ccccc5c5ccccc54)c23)c2oc3c(C(C)(C)C)cc(C(C)(C)C)cc3c2c1. The molecule has 3 nitrogen and oxygen atoms in total. The van der Waals surface area contributed by atoms with E-state index in [1.165, 1.54) is 43.9 Å². The van der Waals surface area contributed by atoms with Crippen molar-refractivity contribution in [1.82, 2.24) is 4.57 Å². The predicted molar refractivity (Wildman–Crippen MR) is 217 cm³/mol. The van der Waals surface area contributed by atoms with Gasteiger partial charge >= 0.3 is 0 Å². The molecule has 0 saturated carbocycles. The molecule has 0 fully saturated rings. The standard InChI is InChI=1S/C48H45NO2/c1-46(2,3)28-24-34(44-35(25-28)36-26-29(47(4,5)6)27-37(45(36)51-44)48(7,8)9)32-18-14-19-33-42-40(22-15-23-41(42)50-43(32)33)49-38-20-12-10-16-30(38)31-17-11-13-21-39(31)49/h10-27H,1-9H3. The smallest absolute Gasteiger partial charge is 0.143 e. The Balaban J connectivity index is 1.38. The van der Waals surface area contributed by atoms with Gasteiger partial charge < -0.3 is 13.4 Å². The summed E-state index contributed by atoms with van der Waals surface area (Å²) in [6, 6.07) is 39.8. The van der Waals surface area contributed by atoms with E-state index in [0.717, 1.165) is 55.3 Å². The molecular formula is C48H45NO2. The molecule has 0 saturated heterocycles. The highest BCUT2D eigenvalue weighted by Crippen LogP contribution is 2.47. The Labute approximate surface area is 299 Å². The van der Waals surface area contributed by atoms with Gasteiger partial charge in [0.2, 0.25) is 0 Å². The maximum atomic E-state index is 7.09. The Morgan fingerprint density at radius 2 is 0.980 bits per heavy atom. The molecule has 9 rings (SSSR count). The minimum absolute atomic E-state index is 0.00377. The third-order valence-corrected chi connectivity index (χ3v) is 10.8. The summed E-state index contributed by atoms with van der Waals surface area (Å²) in [7, 11) is 0. The third-order valence-electron chi connectivity index (χ3n) is 10.8. The predicted octanol–water partition coefficient (Wildman–Crippen LogP) is 14.1. The van der Waals surface area contributed by atoms with E-state index in [1.807, 2.05) is 0 Å². The number of benzene rings is 6. The van der Waals surface area contributed by atoms with Gasteiger partial charge in [-0.2, -0.15) is 0 Å². The molecular weight excluding hydrogens is 623 g/mol. The van der Waals surface area contributed by atoms with E-state index in [1.54, 1.807) is 0 Å². The van der Waals surface area contributed by atoms with Crippen molar-refractivity contribution in [3.05, 3.63) is 126 Å². The molecule has 0 aliphatic rings. The van der Waals surface area contributed by atoms with Gasteiger partial charge in [-0.1, -0.05) is 129 Å². The molecule has 0 spiro atoms. The van der Waals surface area contributed by atoms with Gasteiger partial charge in [0, 0.05) is 43.6 Å². The second-order valence-electron chi connectivity index (χ2n) is 17.5. The average Bonchev–Trinajstić information content (AvgIpc) is 3.76. The normalized spacial score (nSPS) is 13.2. The molecule has 0 bridgehead atoms. The van der Waals surface area contributed by atoms with Gasteiger partial charge in [0.1, 0.15) is 22.3 Å². The van der Waals surface area contributed by atoms with Crippen LogP contribution in [0.2, 0.25) is 0 Å². The van der Waals surface area contributed by atoms with Crippen LogP contribution >= 0.6 is 0 Å². The summed E-state index contributed by atoms with van der Waals surface area (Å²) in [4.78, 5) is 0. The van der Waals surface area contributed by atoms with Crippen LogP contribution in [0, 0.1) is 0 Å². The molecule has 3 aromatic heterocycles. The highest BCUT2D eigenvalue weighted by atomic mass is 16.3. The van der Waals surface area contributed by atoms with E-state index in [0.29, 0.717) is 0 Å². The second-order valence-corrected chi connectivity index (χ2v) is 17.5. The molecule has 0 amide bonds. The largest absolute Gasteiger partial charge is 0.455 e. The maximum Gasteiger partial charge on any atom is 0.143 e. The maximum absolute atomic E-state index is 7.09. The zero-order valence-corrected chi connectivity index (χ0v) is 31.2. The Morgan fingerprint density at radius 3 is 1.61 bits per heavy atom. The van der Waals surface area contributed by atoms with Crippen molar-refractivity contribution in [1.29, 1.82) is 0 Å². The van der Waals surface area contributed by atoms with E-state index < -0.39 is 0 Å². The molecule has 3 heteroatoms. The summed E-state index contributed by atoms with van der Waals surface area (Å²) in [6.45, 7) is 20.6. The minimum atomic E-state index is -0.0949. The van der Waals surface area contributed by atoms with E-state index in [9.17, 15) is 0 Å². The van der Waals surface area contributed by atoms with Crippen LogP contribution in [-0.4, -0.2) is 4.57 Å². The first-order valence-corrected chi connectivity index (χ1v) is 18.2. The van der Waals surface area contributed by atoms with Gasteiger partial charge in [0.05, 0.1) is 22.1 Å². The number of furan rings is 2. The number of fused-ring (bicyclic) bond motifs is 9. The quantitative estimate of drug-likeness (QED) is 0.184. The van der Waals surface area contributed by atoms with Crippen LogP contribution in [0.5, 0.6) is 0 Å². The summed E-state index contributed by atoms with van der Waals surface area (Å²) in [5, 5.41) is 7.03. The number of rotatable bonds is 2. The Morgan fingerprint density at radius 1 is 0.431 bits per heavy atom. The lowest BCUT2D eigenvalue weighted by molar-refractivity contribution is 0.559. The van der Waals surface area contributed by atoms with Gasteiger partial charge in [-0.3, -0.25) is 0 Å². The molecule has 0 aliphatic carbocycles. The molecule has 9 aromatic rings. The Hall–Kier alpha value is -5.28. The summed E-state index contributed by atoms with van der Waals surface area (Å²) in [6.07, 6.45) is 0. The lowest BCUT2D eigenvalue weighted by Crippen LogP contribution is -2.16. The van der Waals surface area contributed by atoms with Gasteiger partial charge in [-0.25, -0.2) is 0 Å². The number of aromatic nitrogens is 1.